The minimum absolute atomic E-state index is 0.150. The highest BCUT2D eigenvalue weighted by Gasteiger charge is 2.44. The molecular weight excluding hydrogens is 338 g/mol. The monoisotopic (exact) mass is 355 g/mol. The molecule has 1 heterocycles. The minimum Gasteiger partial charge on any atom is -0.368 e. The van der Waals surface area contributed by atoms with Gasteiger partial charge in [-0.05, 0) is 43.0 Å². The molecule has 7 heteroatoms. The van der Waals surface area contributed by atoms with Gasteiger partial charge in [-0.1, -0.05) is 35.9 Å². The Morgan fingerprint density at radius 3 is 2.36 bits per heavy atom. The summed E-state index contributed by atoms with van der Waals surface area (Å²) >= 11 is 0.881. The van der Waals surface area contributed by atoms with Crippen LogP contribution in [0.15, 0.2) is 54.6 Å². The van der Waals surface area contributed by atoms with Gasteiger partial charge in [0.05, 0.1) is 12.2 Å². The Kier molecular flexibility index (Phi) is 4.76. The van der Waals surface area contributed by atoms with E-state index in [0.29, 0.717) is 11.4 Å². The number of imide groups is 1. The molecule has 1 fully saturated rings. The summed E-state index contributed by atoms with van der Waals surface area (Å²) in [6.07, 6.45) is 0. The van der Waals surface area contributed by atoms with Crippen LogP contribution in [0.1, 0.15) is 5.56 Å². The molecule has 25 heavy (non-hydrogen) atoms. The van der Waals surface area contributed by atoms with E-state index >= 15 is 0 Å². The van der Waals surface area contributed by atoms with Crippen LogP contribution in [0.25, 0.3) is 0 Å². The van der Waals surface area contributed by atoms with Crippen molar-refractivity contribution in [3.63, 3.8) is 0 Å². The van der Waals surface area contributed by atoms with Crippen LogP contribution in [-0.4, -0.2) is 29.0 Å². The molecule has 128 valence electrons. The Morgan fingerprint density at radius 1 is 1.12 bits per heavy atom. The van der Waals surface area contributed by atoms with Crippen molar-refractivity contribution < 1.29 is 14.4 Å². The van der Waals surface area contributed by atoms with Gasteiger partial charge in [0.2, 0.25) is 5.91 Å². The molecule has 3 amide bonds. The standard InChI is InChI=1S/C18H17N3O3S/c1-12-7-9-13(10-8-12)20(11-15(19)22)17-16(23)21(18(24)25-17)14-5-3-2-4-6-14/h2-10,17H,11H2,1H3,(H2,19,22)/t17-/m1/s1. The Bertz CT molecular complexity index is 808. The van der Waals surface area contributed by atoms with Crippen molar-refractivity contribution in [3.8, 4) is 0 Å². The van der Waals surface area contributed by atoms with Gasteiger partial charge in [-0.2, -0.15) is 0 Å². The van der Waals surface area contributed by atoms with Gasteiger partial charge >= 0.3 is 0 Å². The number of benzene rings is 2. The predicted octanol–water partition coefficient (Wildman–Crippen LogP) is 2.51. The molecule has 6 nitrogen and oxygen atoms in total. The van der Waals surface area contributed by atoms with Gasteiger partial charge in [0.15, 0.2) is 5.37 Å². The van der Waals surface area contributed by atoms with Crippen LogP contribution in [0, 0.1) is 6.92 Å². The number of nitrogens with two attached hydrogens (primary N) is 1. The van der Waals surface area contributed by atoms with E-state index in [-0.39, 0.29) is 17.7 Å². The average Bonchev–Trinajstić information content (AvgIpc) is 2.88. The minimum atomic E-state index is -0.831. The zero-order chi connectivity index (χ0) is 18.0. The lowest BCUT2D eigenvalue weighted by Crippen LogP contribution is -2.45. The van der Waals surface area contributed by atoms with Crippen molar-refractivity contribution >= 4 is 40.2 Å². The number of nitrogens with zero attached hydrogens (tertiary/aromatic N) is 2. The molecule has 0 aromatic heterocycles. The van der Waals surface area contributed by atoms with Crippen molar-refractivity contribution in [2.75, 3.05) is 16.3 Å². The lowest BCUT2D eigenvalue weighted by Gasteiger charge is -2.27. The fourth-order valence-corrected chi connectivity index (χ4v) is 3.64. The molecule has 2 aromatic rings. The molecule has 1 saturated heterocycles. The van der Waals surface area contributed by atoms with Crippen molar-refractivity contribution in [1.82, 2.24) is 0 Å². The SMILES string of the molecule is Cc1ccc(N(CC(N)=O)[C@@H]2SC(=O)N(c3ccccc3)C2=O)cc1. The molecule has 0 spiro atoms. The molecule has 1 aliphatic heterocycles. The maximum absolute atomic E-state index is 12.9. The normalized spacial score (nSPS) is 17.0. The largest absolute Gasteiger partial charge is 0.368 e. The summed E-state index contributed by atoms with van der Waals surface area (Å²) < 4.78 is 0. The molecule has 3 rings (SSSR count). The maximum atomic E-state index is 12.9. The number of hydrogen-bond acceptors (Lipinski definition) is 5. The van der Waals surface area contributed by atoms with E-state index in [2.05, 4.69) is 0 Å². The number of anilines is 2. The Morgan fingerprint density at radius 2 is 1.76 bits per heavy atom. The van der Waals surface area contributed by atoms with Gasteiger partial charge in [-0.15, -0.1) is 0 Å². The van der Waals surface area contributed by atoms with Crippen LogP contribution < -0.4 is 15.5 Å². The van der Waals surface area contributed by atoms with Crippen LogP contribution in [0.5, 0.6) is 0 Å². The fraction of sp³-hybridized carbons (Fsp3) is 0.167. The highest BCUT2D eigenvalue weighted by Crippen LogP contribution is 2.35. The molecule has 0 unspecified atom stereocenters. The van der Waals surface area contributed by atoms with Crippen molar-refractivity contribution in [2.45, 2.75) is 12.3 Å². The van der Waals surface area contributed by atoms with Crippen LogP contribution >= 0.6 is 11.8 Å². The summed E-state index contributed by atoms with van der Waals surface area (Å²) in [5.74, 6) is -0.956. The van der Waals surface area contributed by atoms with Gasteiger partial charge in [-0.3, -0.25) is 14.4 Å². The number of thioether (sulfide) groups is 1. The van der Waals surface area contributed by atoms with E-state index in [1.165, 1.54) is 0 Å². The van der Waals surface area contributed by atoms with Crippen molar-refractivity contribution in [2.24, 2.45) is 5.73 Å². The zero-order valence-corrected chi connectivity index (χ0v) is 14.4. The summed E-state index contributed by atoms with van der Waals surface area (Å²) in [5, 5.41) is -1.20. The third kappa shape index (κ3) is 3.51. The fourth-order valence-electron chi connectivity index (χ4n) is 2.62. The highest BCUT2D eigenvalue weighted by molar-refractivity contribution is 8.16. The first kappa shape index (κ1) is 17.0. The van der Waals surface area contributed by atoms with E-state index < -0.39 is 11.3 Å². The van der Waals surface area contributed by atoms with Gasteiger partial charge in [-0.25, -0.2) is 4.90 Å². The summed E-state index contributed by atoms with van der Waals surface area (Å²) in [7, 11) is 0. The van der Waals surface area contributed by atoms with Gasteiger partial charge in [0.25, 0.3) is 11.1 Å². The van der Waals surface area contributed by atoms with E-state index in [1.54, 1.807) is 29.2 Å². The average molecular weight is 355 g/mol. The number of carbonyl (C=O) groups is 3. The maximum Gasteiger partial charge on any atom is 0.295 e. The second-order valence-electron chi connectivity index (χ2n) is 5.68. The first-order chi connectivity index (χ1) is 12.0. The second kappa shape index (κ2) is 6.98. The number of rotatable bonds is 5. The van der Waals surface area contributed by atoms with Crippen LogP contribution in [-0.2, 0) is 9.59 Å². The lowest BCUT2D eigenvalue weighted by atomic mass is 10.2. The predicted molar refractivity (Wildman–Crippen MR) is 98.4 cm³/mol. The molecular formula is C18H17N3O3S. The topological polar surface area (TPSA) is 83.7 Å². The van der Waals surface area contributed by atoms with Gasteiger partial charge in [0, 0.05) is 5.69 Å². The van der Waals surface area contributed by atoms with E-state index in [0.717, 1.165) is 22.2 Å². The van der Waals surface area contributed by atoms with Crippen molar-refractivity contribution in [1.29, 1.82) is 0 Å². The summed E-state index contributed by atoms with van der Waals surface area (Å²) in [4.78, 5) is 39.5. The summed E-state index contributed by atoms with van der Waals surface area (Å²) in [6.45, 7) is 1.79. The Balaban J connectivity index is 1.94. The summed E-state index contributed by atoms with van der Waals surface area (Å²) in [5.41, 5.74) is 7.58. The third-order valence-corrected chi connectivity index (χ3v) is 4.88. The van der Waals surface area contributed by atoms with E-state index in [9.17, 15) is 14.4 Å². The molecule has 0 saturated carbocycles. The number of carbonyl (C=O) groups excluding carboxylic acids is 3. The van der Waals surface area contributed by atoms with Crippen LogP contribution in [0.3, 0.4) is 0 Å². The van der Waals surface area contributed by atoms with E-state index in [4.69, 9.17) is 5.73 Å². The quantitative estimate of drug-likeness (QED) is 0.891. The molecule has 1 atom stereocenters. The molecule has 1 aliphatic rings. The smallest absolute Gasteiger partial charge is 0.295 e. The molecule has 2 aromatic carbocycles. The molecule has 0 radical (unpaired) electrons. The zero-order valence-electron chi connectivity index (χ0n) is 13.6. The first-order valence-corrected chi connectivity index (χ1v) is 8.56. The molecule has 2 N–H and O–H groups in total. The van der Waals surface area contributed by atoms with Gasteiger partial charge < -0.3 is 10.6 Å². The Labute approximate surface area is 149 Å². The lowest BCUT2D eigenvalue weighted by molar-refractivity contribution is -0.117. The second-order valence-corrected chi connectivity index (χ2v) is 6.71. The van der Waals surface area contributed by atoms with Crippen molar-refractivity contribution in [3.05, 3.63) is 60.2 Å². The Hall–Kier alpha value is -2.80. The van der Waals surface area contributed by atoms with Crippen LogP contribution in [0.2, 0.25) is 0 Å². The molecule has 0 aliphatic carbocycles. The number of primary amides is 1. The van der Waals surface area contributed by atoms with E-state index in [1.807, 2.05) is 37.3 Å². The number of aryl methyl sites for hydroxylation is 1. The number of para-hydroxylation sites is 1. The third-order valence-electron chi connectivity index (χ3n) is 3.82. The van der Waals surface area contributed by atoms with Crippen LogP contribution in [0.4, 0.5) is 16.2 Å². The number of hydrogen-bond donors (Lipinski definition) is 1. The molecule has 0 bridgehead atoms. The number of amides is 3. The summed E-state index contributed by atoms with van der Waals surface area (Å²) in [6, 6.07) is 16.1. The highest BCUT2D eigenvalue weighted by atomic mass is 32.2. The first-order valence-electron chi connectivity index (χ1n) is 7.68. The van der Waals surface area contributed by atoms with Gasteiger partial charge in [0.1, 0.15) is 0 Å².